The highest BCUT2D eigenvalue weighted by Gasteiger charge is 2.04. The SMILES string of the molecule is [Si]C(=C(Cl)Cl)c1cccc2ccccc12. The molecule has 0 bridgehead atoms. The number of fused-ring (bicyclic) bond motifs is 1. The quantitative estimate of drug-likeness (QED) is 0.668. The number of hydrogen-bond donors (Lipinski definition) is 0. The van der Waals surface area contributed by atoms with E-state index >= 15 is 0 Å². The molecule has 0 atom stereocenters. The van der Waals surface area contributed by atoms with Gasteiger partial charge in [-0.1, -0.05) is 65.7 Å². The fourth-order valence-corrected chi connectivity index (χ4v) is 1.97. The molecule has 2 aromatic rings. The number of rotatable bonds is 1. The molecule has 0 aliphatic carbocycles. The number of benzene rings is 2. The van der Waals surface area contributed by atoms with E-state index in [1.54, 1.807) is 0 Å². The van der Waals surface area contributed by atoms with Crippen LogP contribution < -0.4 is 0 Å². The summed E-state index contributed by atoms with van der Waals surface area (Å²) in [7, 11) is 3.44. The second kappa shape index (κ2) is 4.39. The standard InChI is InChI=1S/C12H7Cl2Si/c13-12(14)11(15)10-7-3-5-8-4-1-2-6-9(8)10/h1-7H. The molecule has 3 radical (unpaired) electrons. The molecule has 0 unspecified atom stereocenters. The van der Waals surface area contributed by atoms with E-state index in [2.05, 4.69) is 22.4 Å². The molecule has 73 valence electrons. The van der Waals surface area contributed by atoms with Gasteiger partial charge in [-0.2, -0.15) is 0 Å². The molecular formula is C12H7Cl2Si. The van der Waals surface area contributed by atoms with E-state index < -0.39 is 0 Å². The van der Waals surface area contributed by atoms with Crippen molar-refractivity contribution in [2.24, 2.45) is 0 Å². The Morgan fingerprint density at radius 1 is 0.933 bits per heavy atom. The van der Waals surface area contributed by atoms with E-state index in [0.717, 1.165) is 16.1 Å². The van der Waals surface area contributed by atoms with Gasteiger partial charge in [0.15, 0.2) is 0 Å². The van der Waals surface area contributed by atoms with Crippen molar-refractivity contribution < 1.29 is 0 Å². The summed E-state index contributed by atoms with van der Waals surface area (Å²) in [5.74, 6) is 0. The molecule has 0 fully saturated rings. The summed E-state index contributed by atoms with van der Waals surface area (Å²) in [6.07, 6.45) is 0. The maximum absolute atomic E-state index is 5.76. The lowest BCUT2D eigenvalue weighted by atomic mass is 10.0. The van der Waals surface area contributed by atoms with Crippen molar-refractivity contribution >= 4 is 49.4 Å². The van der Waals surface area contributed by atoms with Crippen LogP contribution in [0.2, 0.25) is 0 Å². The summed E-state index contributed by atoms with van der Waals surface area (Å²) in [5.41, 5.74) is 1.00. The first-order valence-corrected chi connectivity index (χ1v) is 5.71. The van der Waals surface area contributed by atoms with Crippen LogP contribution in [0.5, 0.6) is 0 Å². The van der Waals surface area contributed by atoms with Gasteiger partial charge in [-0.3, -0.25) is 0 Å². The van der Waals surface area contributed by atoms with Gasteiger partial charge in [0.05, 0.1) is 10.2 Å². The molecule has 0 nitrogen and oxygen atoms in total. The molecule has 3 heteroatoms. The Hall–Kier alpha value is -0.763. The Labute approximate surface area is 102 Å². The van der Waals surface area contributed by atoms with Crippen LogP contribution in [0, 0.1) is 0 Å². The zero-order chi connectivity index (χ0) is 10.8. The Morgan fingerprint density at radius 3 is 2.33 bits per heavy atom. The summed E-state index contributed by atoms with van der Waals surface area (Å²) in [6, 6.07) is 14.1. The molecule has 0 aliphatic heterocycles. The molecule has 0 N–H and O–H groups in total. The summed E-state index contributed by atoms with van der Waals surface area (Å²) in [6.45, 7) is 0. The van der Waals surface area contributed by atoms with E-state index in [0.29, 0.717) is 0 Å². The molecule has 2 aromatic carbocycles. The highest BCUT2D eigenvalue weighted by atomic mass is 35.5. The lowest BCUT2D eigenvalue weighted by Gasteiger charge is -2.06. The van der Waals surface area contributed by atoms with Crippen molar-refractivity contribution in [1.82, 2.24) is 0 Å². The third-order valence-electron chi connectivity index (χ3n) is 2.25. The summed E-state index contributed by atoms with van der Waals surface area (Å²) in [5, 5.41) is 3.01. The first-order valence-electron chi connectivity index (χ1n) is 4.45. The second-order valence-electron chi connectivity index (χ2n) is 3.16. The Kier molecular flexibility index (Phi) is 3.15. The Bertz CT molecular complexity index is 523. The van der Waals surface area contributed by atoms with Crippen LogP contribution in [-0.4, -0.2) is 10.2 Å². The summed E-state index contributed by atoms with van der Waals surface area (Å²) >= 11 is 11.5. The van der Waals surface area contributed by atoms with E-state index in [9.17, 15) is 0 Å². The lowest BCUT2D eigenvalue weighted by molar-refractivity contribution is 1.70. The lowest BCUT2D eigenvalue weighted by Crippen LogP contribution is -1.86. The van der Waals surface area contributed by atoms with Gasteiger partial charge >= 0.3 is 0 Å². The maximum Gasteiger partial charge on any atom is 0.105 e. The van der Waals surface area contributed by atoms with E-state index in [-0.39, 0.29) is 4.49 Å². The zero-order valence-corrected chi connectivity index (χ0v) is 10.3. The molecule has 0 aliphatic rings. The van der Waals surface area contributed by atoms with Gasteiger partial charge in [-0.25, -0.2) is 0 Å². The van der Waals surface area contributed by atoms with Gasteiger partial charge in [0.25, 0.3) is 0 Å². The van der Waals surface area contributed by atoms with Crippen molar-refractivity contribution in [3.05, 3.63) is 52.5 Å². The van der Waals surface area contributed by atoms with Crippen LogP contribution in [0.15, 0.2) is 47.0 Å². The average Bonchev–Trinajstić information content (AvgIpc) is 2.27. The molecule has 0 saturated carbocycles. The first kappa shape index (κ1) is 10.7. The predicted octanol–water partition coefficient (Wildman–Crippen LogP) is 4.11. The van der Waals surface area contributed by atoms with Gasteiger partial charge in [-0.05, 0) is 21.5 Å². The highest BCUT2D eigenvalue weighted by Crippen LogP contribution is 2.27. The van der Waals surface area contributed by atoms with Crippen LogP contribution in [0.25, 0.3) is 16.0 Å². The van der Waals surface area contributed by atoms with Crippen molar-refractivity contribution in [2.75, 3.05) is 0 Å². The van der Waals surface area contributed by atoms with Crippen LogP contribution in [0.1, 0.15) is 5.56 Å². The van der Waals surface area contributed by atoms with Gasteiger partial charge in [0.2, 0.25) is 0 Å². The highest BCUT2D eigenvalue weighted by molar-refractivity contribution is 6.65. The third-order valence-corrected chi connectivity index (χ3v) is 3.46. The fourth-order valence-electron chi connectivity index (χ4n) is 1.55. The summed E-state index contributed by atoms with van der Waals surface area (Å²) < 4.78 is 0.239. The Morgan fingerprint density at radius 2 is 1.60 bits per heavy atom. The topological polar surface area (TPSA) is 0 Å². The van der Waals surface area contributed by atoms with Crippen molar-refractivity contribution in [1.29, 1.82) is 0 Å². The normalized spacial score (nSPS) is 10.3. The summed E-state index contributed by atoms with van der Waals surface area (Å²) in [4.78, 5) is 0. The fraction of sp³-hybridized carbons (Fsp3) is 0. The van der Waals surface area contributed by atoms with Crippen molar-refractivity contribution in [3.8, 4) is 0 Å². The second-order valence-corrected chi connectivity index (χ2v) is 4.61. The minimum absolute atomic E-state index is 0.239. The van der Waals surface area contributed by atoms with Gasteiger partial charge in [0, 0.05) is 0 Å². The number of hydrogen-bond acceptors (Lipinski definition) is 0. The molecule has 0 heterocycles. The van der Waals surface area contributed by atoms with Gasteiger partial charge < -0.3 is 0 Å². The molecule has 0 amide bonds. The minimum atomic E-state index is 0.239. The van der Waals surface area contributed by atoms with Crippen molar-refractivity contribution in [3.63, 3.8) is 0 Å². The van der Waals surface area contributed by atoms with Crippen molar-refractivity contribution in [2.45, 2.75) is 0 Å². The average molecular weight is 250 g/mol. The molecular weight excluding hydrogens is 243 g/mol. The van der Waals surface area contributed by atoms with Crippen LogP contribution in [-0.2, 0) is 0 Å². The maximum atomic E-state index is 5.76. The van der Waals surface area contributed by atoms with Crippen LogP contribution >= 0.6 is 23.2 Å². The number of halogens is 2. The van der Waals surface area contributed by atoms with E-state index in [1.165, 1.54) is 5.39 Å². The third kappa shape index (κ3) is 2.10. The van der Waals surface area contributed by atoms with Crippen LogP contribution in [0.4, 0.5) is 0 Å². The predicted molar refractivity (Wildman–Crippen MR) is 68.3 cm³/mol. The molecule has 2 rings (SSSR count). The van der Waals surface area contributed by atoms with Gasteiger partial charge in [-0.15, -0.1) is 0 Å². The van der Waals surface area contributed by atoms with E-state index in [4.69, 9.17) is 23.2 Å². The molecule has 0 aromatic heterocycles. The van der Waals surface area contributed by atoms with Crippen LogP contribution in [0.3, 0.4) is 0 Å². The molecule has 0 spiro atoms. The molecule has 0 saturated heterocycles. The zero-order valence-electron chi connectivity index (χ0n) is 7.80. The molecule has 15 heavy (non-hydrogen) atoms. The first-order chi connectivity index (χ1) is 7.20. The monoisotopic (exact) mass is 249 g/mol. The van der Waals surface area contributed by atoms with Gasteiger partial charge in [0.1, 0.15) is 4.49 Å². The Balaban J connectivity index is 2.77. The smallest absolute Gasteiger partial charge is 0.0710 e. The van der Waals surface area contributed by atoms with E-state index in [1.807, 2.05) is 30.3 Å². The minimum Gasteiger partial charge on any atom is -0.0710 e. The largest absolute Gasteiger partial charge is 0.105 e.